The molecule has 0 spiro atoms. The minimum Gasteiger partial charge on any atom is -0.508 e. The molecule has 1 aromatic carbocycles. The number of aromatic hydroxyl groups is 1. The van der Waals surface area contributed by atoms with E-state index < -0.39 is 0 Å². The lowest BCUT2D eigenvalue weighted by Gasteiger charge is -2.58. The maximum absolute atomic E-state index is 12.4. The molecular formula is C25H34N2O3. The summed E-state index contributed by atoms with van der Waals surface area (Å²) in [5.41, 5.74) is 1.70. The molecule has 0 aromatic heterocycles. The average molecular weight is 411 g/mol. The summed E-state index contributed by atoms with van der Waals surface area (Å²) in [5, 5.41) is 9.63. The predicted octanol–water partition coefficient (Wildman–Crippen LogP) is 3.88. The Morgan fingerprint density at radius 3 is 2.53 bits per heavy atom. The van der Waals surface area contributed by atoms with Crippen molar-refractivity contribution in [3.63, 3.8) is 0 Å². The monoisotopic (exact) mass is 410 g/mol. The molecule has 4 saturated heterocycles. The summed E-state index contributed by atoms with van der Waals surface area (Å²) in [6.45, 7) is 4.20. The first-order valence-corrected chi connectivity index (χ1v) is 11.8. The van der Waals surface area contributed by atoms with Crippen LogP contribution in [0.2, 0.25) is 0 Å². The van der Waals surface area contributed by atoms with Gasteiger partial charge in [-0.1, -0.05) is 12.5 Å². The molecule has 4 aliphatic rings. The van der Waals surface area contributed by atoms with E-state index in [1.54, 1.807) is 18.2 Å². The molecule has 1 aromatic rings. The van der Waals surface area contributed by atoms with Crippen LogP contribution in [0.3, 0.4) is 0 Å². The number of aryl methyl sites for hydroxylation is 1. The molecular weight excluding hydrogens is 376 g/mol. The highest BCUT2D eigenvalue weighted by atomic mass is 16.5. The van der Waals surface area contributed by atoms with Crippen LogP contribution in [0.1, 0.15) is 62.5 Å². The molecule has 4 heterocycles. The highest BCUT2D eigenvalue weighted by Crippen LogP contribution is 2.42. The van der Waals surface area contributed by atoms with Crippen molar-refractivity contribution in [1.82, 2.24) is 9.80 Å². The fourth-order valence-electron chi connectivity index (χ4n) is 6.43. The number of fused-ring (bicyclic) bond motifs is 6. The normalized spacial score (nSPS) is 34.4. The number of esters is 1. The summed E-state index contributed by atoms with van der Waals surface area (Å²) < 4.78 is 5.83. The molecule has 5 heteroatoms. The van der Waals surface area contributed by atoms with Gasteiger partial charge in [-0.3, -0.25) is 9.80 Å². The third-order valence-corrected chi connectivity index (χ3v) is 7.87. The van der Waals surface area contributed by atoms with Crippen LogP contribution in [-0.4, -0.2) is 64.2 Å². The van der Waals surface area contributed by atoms with Crippen LogP contribution in [0.5, 0.6) is 5.75 Å². The molecule has 0 amide bonds. The Morgan fingerprint density at radius 2 is 1.73 bits per heavy atom. The Labute approximate surface area is 179 Å². The minimum absolute atomic E-state index is 0.0286. The van der Waals surface area contributed by atoms with Crippen LogP contribution >= 0.6 is 0 Å². The molecule has 0 radical (unpaired) electrons. The molecule has 0 aliphatic carbocycles. The first-order valence-electron chi connectivity index (χ1n) is 11.8. The van der Waals surface area contributed by atoms with Gasteiger partial charge in [0.1, 0.15) is 11.9 Å². The van der Waals surface area contributed by atoms with Crippen LogP contribution in [0.15, 0.2) is 24.3 Å². The van der Waals surface area contributed by atoms with Gasteiger partial charge < -0.3 is 9.84 Å². The van der Waals surface area contributed by atoms with Gasteiger partial charge in [0.05, 0.1) is 0 Å². The third-order valence-electron chi connectivity index (χ3n) is 7.87. The van der Waals surface area contributed by atoms with Crippen molar-refractivity contribution in [1.29, 1.82) is 0 Å². The van der Waals surface area contributed by atoms with Crippen LogP contribution in [0.25, 0.3) is 6.08 Å². The zero-order valence-corrected chi connectivity index (χ0v) is 18.0. The van der Waals surface area contributed by atoms with E-state index in [0.717, 1.165) is 48.6 Å². The molecule has 4 aliphatic heterocycles. The van der Waals surface area contributed by atoms with Crippen molar-refractivity contribution in [2.45, 2.75) is 88.6 Å². The van der Waals surface area contributed by atoms with Crippen molar-refractivity contribution in [2.24, 2.45) is 0 Å². The van der Waals surface area contributed by atoms with Crippen molar-refractivity contribution in [3.05, 3.63) is 35.4 Å². The Morgan fingerprint density at radius 1 is 1.00 bits per heavy atom. The van der Waals surface area contributed by atoms with Crippen molar-refractivity contribution in [3.8, 4) is 5.75 Å². The molecule has 162 valence electrons. The molecule has 0 saturated carbocycles. The van der Waals surface area contributed by atoms with Gasteiger partial charge in [-0.2, -0.15) is 0 Å². The van der Waals surface area contributed by atoms with Crippen molar-refractivity contribution < 1.29 is 14.6 Å². The number of piperidine rings is 4. The summed E-state index contributed by atoms with van der Waals surface area (Å²) in [6, 6.07) is 8.18. The van der Waals surface area contributed by atoms with Gasteiger partial charge in [-0.05, 0) is 81.3 Å². The van der Waals surface area contributed by atoms with Crippen molar-refractivity contribution in [2.75, 3.05) is 13.1 Å². The van der Waals surface area contributed by atoms with E-state index in [4.69, 9.17) is 4.74 Å². The lowest BCUT2D eigenvalue weighted by molar-refractivity contribution is -0.149. The number of ether oxygens (including phenoxy) is 1. The molecule has 4 fully saturated rings. The van der Waals surface area contributed by atoms with Gasteiger partial charge in [0, 0.05) is 43.2 Å². The van der Waals surface area contributed by atoms with Crippen LogP contribution < -0.4 is 0 Å². The number of rotatable bonds is 3. The van der Waals surface area contributed by atoms with Crippen LogP contribution in [-0.2, 0) is 9.53 Å². The molecule has 30 heavy (non-hydrogen) atoms. The number of hydrogen-bond acceptors (Lipinski definition) is 5. The van der Waals surface area contributed by atoms with Gasteiger partial charge in [0.2, 0.25) is 0 Å². The van der Waals surface area contributed by atoms with Gasteiger partial charge in [-0.15, -0.1) is 0 Å². The second kappa shape index (κ2) is 8.35. The first-order chi connectivity index (χ1) is 14.6. The zero-order chi connectivity index (χ0) is 20.7. The van der Waals surface area contributed by atoms with E-state index >= 15 is 0 Å². The maximum Gasteiger partial charge on any atom is 0.331 e. The first kappa shape index (κ1) is 20.1. The number of phenolic OH excluding ortho intramolecular Hbond substituents is 1. The molecule has 5 rings (SSSR count). The quantitative estimate of drug-likeness (QED) is 0.605. The number of carbonyl (C=O) groups excluding carboxylic acids is 1. The van der Waals surface area contributed by atoms with E-state index in [0.29, 0.717) is 6.04 Å². The molecule has 5 atom stereocenters. The topological polar surface area (TPSA) is 53.0 Å². The molecule has 1 N–H and O–H groups in total. The summed E-state index contributed by atoms with van der Waals surface area (Å²) in [4.78, 5) is 18.0. The molecule has 5 nitrogen and oxygen atoms in total. The second-order valence-electron chi connectivity index (χ2n) is 9.76. The van der Waals surface area contributed by atoms with E-state index in [-0.39, 0.29) is 17.8 Å². The van der Waals surface area contributed by atoms with Gasteiger partial charge in [0.15, 0.2) is 0 Å². The Balaban J connectivity index is 1.18. The molecule has 2 bridgehead atoms. The summed E-state index contributed by atoms with van der Waals surface area (Å²) in [7, 11) is 0. The second-order valence-corrected chi connectivity index (χ2v) is 9.76. The summed E-state index contributed by atoms with van der Waals surface area (Å²) >= 11 is 0. The van der Waals surface area contributed by atoms with Gasteiger partial charge >= 0.3 is 5.97 Å². The van der Waals surface area contributed by atoms with Crippen LogP contribution in [0.4, 0.5) is 0 Å². The van der Waals surface area contributed by atoms with E-state index in [1.165, 1.54) is 51.1 Å². The Kier molecular flexibility index (Phi) is 5.59. The summed E-state index contributed by atoms with van der Waals surface area (Å²) in [6.07, 6.45) is 13.3. The highest BCUT2D eigenvalue weighted by Gasteiger charge is 2.47. The van der Waals surface area contributed by atoms with Gasteiger partial charge in [0.25, 0.3) is 0 Å². The van der Waals surface area contributed by atoms with Crippen molar-refractivity contribution >= 4 is 12.0 Å². The van der Waals surface area contributed by atoms with E-state index in [9.17, 15) is 9.90 Å². The lowest BCUT2D eigenvalue weighted by Crippen LogP contribution is -2.65. The zero-order valence-electron chi connectivity index (χ0n) is 18.0. The molecule has 1 unspecified atom stereocenters. The maximum atomic E-state index is 12.4. The smallest absolute Gasteiger partial charge is 0.331 e. The lowest BCUT2D eigenvalue weighted by atomic mass is 9.76. The standard InChI is InChI=1S/C25H34N2O3/c1-17-12-18(5-7-24(17)28)6-8-25(29)30-23-9-11-27-20-13-19-4-2-3-10-26(19)21(14-20)15-22(27)16-23/h5-8,12,19-23,28H,2-4,9-11,13-16H2,1H3/b8-6-/t19-,20+,21+,22-,23?/m1/s1. The number of phenols is 1. The Bertz CT molecular complexity index is 823. The predicted molar refractivity (Wildman–Crippen MR) is 117 cm³/mol. The third kappa shape index (κ3) is 4.02. The fourth-order valence-corrected chi connectivity index (χ4v) is 6.43. The highest BCUT2D eigenvalue weighted by molar-refractivity contribution is 5.87. The summed E-state index contributed by atoms with van der Waals surface area (Å²) in [5.74, 6) is 0.0147. The number of carbonyl (C=O) groups is 1. The van der Waals surface area contributed by atoms with E-state index in [2.05, 4.69) is 9.80 Å². The fraction of sp³-hybridized carbons (Fsp3) is 0.640. The van der Waals surface area contributed by atoms with E-state index in [1.807, 2.05) is 13.0 Å². The Hall–Kier alpha value is -1.85. The number of benzene rings is 1. The van der Waals surface area contributed by atoms with Crippen LogP contribution in [0, 0.1) is 6.92 Å². The average Bonchev–Trinajstić information content (AvgIpc) is 2.74. The minimum atomic E-state index is -0.258. The SMILES string of the molecule is Cc1cc(/C=C\C(=O)OC2CCN3[C@@H]4C[C@@H](C[C@@H]3C2)N2CCCC[C@@H]2C4)ccc1O. The van der Waals surface area contributed by atoms with Gasteiger partial charge in [-0.25, -0.2) is 4.79 Å². The largest absolute Gasteiger partial charge is 0.508 e. The number of hydrogen-bond donors (Lipinski definition) is 1. The number of nitrogens with zero attached hydrogens (tertiary/aromatic N) is 2.